The molecule has 2 fully saturated rings. The lowest BCUT2D eigenvalue weighted by atomic mass is 10.0. The fraction of sp³-hybridized carbons (Fsp3) is 0.471. The molecule has 1 aromatic heterocycles. The van der Waals surface area contributed by atoms with Gasteiger partial charge < -0.3 is 14.6 Å². The van der Waals surface area contributed by atoms with Gasteiger partial charge in [-0.25, -0.2) is 4.79 Å². The molecule has 1 aromatic carbocycles. The van der Waals surface area contributed by atoms with E-state index in [-0.39, 0.29) is 29.9 Å². The summed E-state index contributed by atoms with van der Waals surface area (Å²) in [6.07, 6.45) is 3.80. The molecular weight excluding hydrogens is 264 g/mol. The Hall–Kier alpha value is -1.81. The van der Waals surface area contributed by atoms with Crippen molar-refractivity contribution >= 4 is 16.9 Å². The third kappa shape index (κ3) is 2.14. The highest BCUT2D eigenvalue weighted by Crippen LogP contribution is 2.35. The fourth-order valence-corrected chi connectivity index (χ4v) is 3.71. The quantitative estimate of drug-likeness (QED) is 0.864. The number of nitrogens with one attached hydrogen (secondary N) is 1. The molecular formula is C17H20N2O2. The smallest absolute Gasteiger partial charge is 0.340 e. The standard InChI is InChI=1S/C17H20N2O2/c1-19-11-6-7-12(19)9-13(8-11)21-17(20)15-10-18-16-5-3-2-4-14(15)16/h2-5,10-13,18H,6-9H2,1H3/t11-,12+,13?/i2D,5D,10D. The lowest BCUT2D eigenvalue weighted by molar-refractivity contribution is -0.000258. The van der Waals surface area contributed by atoms with Crippen LogP contribution in [-0.4, -0.2) is 41.1 Å². The van der Waals surface area contributed by atoms with Crippen LogP contribution in [0.4, 0.5) is 0 Å². The molecule has 4 rings (SSSR count). The van der Waals surface area contributed by atoms with Crippen molar-refractivity contribution < 1.29 is 13.6 Å². The number of piperidine rings is 1. The van der Waals surface area contributed by atoms with Crippen molar-refractivity contribution in [2.45, 2.75) is 43.9 Å². The second kappa shape index (κ2) is 4.88. The van der Waals surface area contributed by atoms with Gasteiger partial charge in [0.05, 0.1) is 9.68 Å². The minimum Gasteiger partial charge on any atom is -0.459 e. The number of carbonyl (C=O) groups excluding carboxylic acids is 1. The summed E-state index contributed by atoms with van der Waals surface area (Å²) in [7, 11) is 2.13. The minimum atomic E-state index is -0.523. The molecule has 3 atom stereocenters. The third-order valence-corrected chi connectivity index (χ3v) is 4.91. The zero-order valence-corrected chi connectivity index (χ0v) is 12.0. The molecule has 2 aromatic rings. The summed E-state index contributed by atoms with van der Waals surface area (Å²) in [5.74, 6) is -0.523. The van der Waals surface area contributed by atoms with Crippen molar-refractivity contribution in [1.29, 1.82) is 0 Å². The van der Waals surface area contributed by atoms with E-state index >= 15 is 0 Å². The molecule has 21 heavy (non-hydrogen) atoms. The number of ether oxygens (including phenoxy) is 1. The maximum absolute atomic E-state index is 12.6. The Morgan fingerprint density at radius 2 is 2.19 bits per heavy atom. The van der Waals surface area contributed by atoms with Crippen LogP contribution in [0.25, 0.3) is 10.9 Å². The van der Waals surface area contributed by atoms with Crippen LogP contribution < -0.4 is 0 Å². The molecule has 4 nitrogen and oxygen atoms in total. The Labute approximate surface area is 128 Å². The van der Waals surface area contributed by atoms with Crippen molar-refractivity contribution in [1.82, 2.24) is 9.88 Å². The number of benzene rings is 1. The topological polar surface area (TPSA) is 45.3 Å². The van der Waals surface area contributed by atoms with E-state index in [4.69, 9.17) is 8.85 Å². The predicted molar refractivity (Wildman–Crippen MR) is 81.3 cm³/mol. The minimum absolute atomic E-state index is 0.0509. The van der Waals surface area contributed by atoms with Gasteiger partial charge in [0.2, 0.25) is 0 Å². The predicted octanol–water partition coefficient (Wildman–Crippen LogP) is 2.95. The summed E-state index contributed by atoms with van der Waals surface area (Å²) >= 11 is 0. The molecule has 1 N–H and O–H groups in total. The van der Waals surface area contributed by atoms with Gasteiger partial charge in [-0.15, -0.1) is 0 Å². The maximum Gasteiger partial charge on any atom is 0.340 e. The summed E-state index contributed by atoms with van der Waals surface area (Å²) in [5.41, 5.74) is 0.547. The Morgan fingerprint density at radius 1 is 1.43 bits per heavy atom. The van der Waals surface area contributed by atoms with Crippen molar-refractivity contribution in [3.05, 3.63) is 36.0 Å². The van der Waals surface area contributed by atoms with E-state index in [9.17, 15) is 4.79 Å². The first-order valence-corrected chi connectivity index (χ1v) is 7.46. The number of hydrogen-bond donors (Lipinski definition) is 1. The fourth-order valence-electron chi connectivity index (χ4n) is 3.71. The number of carbonyl (C=O) groups is 1. The van der Waals surface area contributed by atoms with Crippen molar-refractivity contribution in [3.8, 4) is 0 Å². The van der Waals surface area contributed by atoms with E-state index in [0.717, 1.165) is 25.7 Å². The van der Waals surface area contributed by atoms with E-state index in [1.807, 2.05) is 0 Å². The highest BCUT2D eigenvalue weighted by atomic mass is 16.5. The van der Waals surface area contributed by atoms with Crippen molar-refractivity contribution in [2.24, 2.45) is 0 Å². The highest BCUT2D eigenvalue weighted by Gasteiger charge is 2.40. The third-order valence-electron chi connectivity index (χ3n) is 4.91. The molecule has 2 saturated heterocycles. The first kappa shape index (κ1) is 10.0. The number of fused-ring (bicyclic) bond motifs is 3. The Bertz CT molecular complexity index is 806. The number of hydrogen-bond acceptors (Lipinski definition) is 3. The average Bonchev–Trinajstić information content (AvgIpc) is 2.91. The Morgan fingerprint density at radius 3 is 2.95 bits per heavy atom. The molecule has 3 heterocycles. The molecule has 0 aliphatic carbocycles. The van der Waals surface area contributed by atoms with Crippen LogP contribution in [0, 0.1) is 0 Å². The number of para-hydroxylation sites is 1. The van der Waals surface area contributed by atoms with E-state index in [1.165, 1.54) is 12.1 Å². The van der Waals surface area contributed by atoms with Crippen molar-refractivity contribution in [2.75, 3.05) is 7.05 Å². The number of aromatic amines is 1. The van der Waals surface area contributed by atoms with Gasteiger partial charge in [-0.3, -0.25) is 0 Å². The average molecular weight is 287 g/mol. The lowest BCUT2D eigenvalue weighted by Crippen LogP contribution is -2.43. The van der Waals surface area contributed by atoms with Crippen molar-refractivity contribution in [3.63, 3.8) is 0 Å². The molecule has 2 aliphatic heterocycles. The van der Waals surface area contributed by atoms with E-state index in [0.29, 0.717) is 23.0 Å². The van der Waals surface area contributed by atoms with Crippen LogP contribution in [0.1, 0.15) is 40.2 Å². The molecule has 110 valence electrons. The highest BCUT2D eigenvalue weighted by molar-refractivity contribution is 6.04. The molecule has 0 radical (unpaired) electrons. The SMILES string of the molecule is [2H]c1cc([2H])c2[nH]c([2H])c(C(=O)OC3C[C@H]4CC[C@@H](C3)N4C)c2c1. The van der Waals surface area contributed by atoms with Crippen LogP contribution in [0.2, 0.25) is 0 Å². The number of aromatic nitrogens is 1. The molecule has 0 amide bonds. The molecule has 0 spiro atoms. The normalized spacial score (nSPS) is 30.9. The summed E-state index contributed by atoms with van der Waals surface area (Å²) in [6, 6.07) is 4.11. The van der Waals surface area contributed by atoms with Crippen LogP contribution in [-0.2, 0) is 4.74 Å². The van der Waals surface area contributed by atoms with Gasteiger partial charge in [0, 0.05) is 42.0 Å². The van der Waals surface area contributed by atoms with E-state index < -0.39 is 5.97 Å². The van der Waals surface area contributed by atoms with Gasteiger partial charge in [-0.1, -0.05) is 18.2 Å². The second-order valence-corrected chi connectivity index (χ2v) is 6.06. The first-order valence-electron chi connectivity index (χ1n) is 8.96. The molecule has 1 unspecified atom stereocenters. The van der Waals surface area contributed by atoms with Gasteiger partial charge >= 0.3 is 5.97 Å². The van der Waals surface area contributed by atoms with Gasteiger partial charge in [0.25, 0.3) is 0 Å². The molecule has 4 heteroatoms. The summed E-state index contributed by atoms with van der Waals surface area (Å²) in [6.45, 7) is 0. The van der Waals surface area contributed by atoms with Crippen LogP contribution >= 0.6 is 0 Å². The van der Waals surface area contributed by atoms with E-state index in [1.54, 1.807) is 0 Å². The molecule has 0 saturated carbocycles. The maximum atomic E-state index is 12.6. The molecule has 2 bridgehead atoms. The van der Waals surface area contributed by atoms with Crippen LogP contribution in [0.15, 0.2) is 30.4 Å². The summed E-state index contributed by atoms with van der Waals surface area (Å²) in [5, 5.41) is 0.429. The Kier molecular flexibility index (Phi) is 2.33. The van der Waals surface area contributed by atoms with Gasteiger partial charge in [-0.05, 0) is 25.9 Å². The van der Waals surface area contributed by atoms with Gasteiger partial charge in [-0.2, -0.15) is 0 Å². The number of rotatable bonds is 2. The lowest BCUT2D eigenvalue weighted by Gasteiger charge is -2.35. The second-order valence-electron chi connectivity index (χ2n) is 6.06. The zero-order valence-electron chi connectivity index (χ0n) is 15.0. The first-order chi connectivity index (χ1) is 11.4. The summed E-state index contributed by atoms with van der Waals surface area (Å²) < 4.78 is 29.4. The van der Waals surface area contributed by atoms with E-state index in [2.05, 4.69) is 16.9 Å². The van der Waals surface area contributed by atoms with Gasteiger partial charge in [0.15, 0.2) is 0 Å². The Balaban J connectivity index is 1.61. The zero-order chi connectivity index (χ0) is 17.0. The van der Waals surface area contributed by atoms with Gasteiger partial charge in [0.1, 0.15) is 6.10 Å². The van der Waals surface area contributed by atoms with Crippen LogP contribution in [0.3, 0.4) is 0 Å². The number of H-pyrrole nitrogens is 1. The largest absolute Gasteiger partial charge is 0.459 e. The number of esters is 1. The molecule has 2 aliphatic rings. The summed E-state index contributed by atoms with van der Waals surface area (Å²) in [4.78, 5) is 17.8. The monoisotopic (exact) mass is 287 g/mol. The number of nitrogens with zero attached hydrogens (tertiary/aromatic N) is 1. The van der Waals surface area contributed by atoms with Crippen LogP contribution in [0.5, 0.6) is 0 Å².